The molecule has 4 aliphatic carbocycles. The van der Waals surface area contributed by atoms with E-state index in [4.69, 9.17) is 23.7 Å². The summed E-state index contributed by atoms with van der Waals surface area (Å²) < 4.78 is 29.7. The maximum atomic E-state index is 10.9. The Morgan fingerprint density at radius 2 is 1.92 bits per heavy atom. The van der Waals surface area contributed by atoms with E-state index in [1.54, 1.807) is 19.8 Å². The van der Waals surface area contributed by atoms with Gasteiger partial charge < -0.3 is 28.8 Å². The summed E-state index contributed by atoms with van der Waals surface area (Å²) in [7, 11) is 3.41. The Morgan fingerprint density at radius 1 is 1.16 bits per heavy atom. The predicted molar refractivity (Wildman–Crippen MR) is 142 cm³/mol. The van der Waals surface area contributed by atoms with Crippen molar-refractivity contribution in [2.75, 3.05) is 34.4 Å². The van der Waals surface area contributed by atoms with Gasteiger partial charge in [-0.15, -0.1) is 6.58 Å². The van der Waals surface area contributed by atoms with Gasteiger partial charge in [0.05, 0.1) is 17.6 Å². The highest BCUT2D eigenvalue weighted by Crippen LogP contribution is 2.68. The van der Waals surface area contributed by atoms with Crippen LogP contribution in [-0.2, 0) is 23.7 Å². The molecule has 1 aliphatic heterocycles. The fourth-order valence-corrected chi connectivity index (χ4v) is 9.14. The van der Waals surface area contributed by atoms with Gasteiger partial charge in [0.25, 0.3) is 0 Å². The SMILES string of the molecule is C=C(C)C[C@@H](O)C1=C(C)[C@H]2CC=C3[C@@H]4CC[C@H]5C[C@@H](OCOC)CC[C@]5(C)[C@H]4C[C@@H](OCOC)[C@@]32CO1. The first-order chi connectivity index (χ1) is 17.8. The smallest absolute Gasteiger partial charge is 0.146 e. The predicted octanol–water partition coefficient (Wildman–Crippen LogP) is 5.76. The molecule has 5 aliphatic rings. The highest BCUT2D eigenvalue weighted by molar-refractivity contribution is 5.40. The molecule has 37 heavy (non-hydrogen) atoms. The number of hydrogen-bond acceptors (Lipinski definition) is 6. The van der Waals surface area contributed by atoms with Crippen LogP contribution in [0.25, 0.3) is 0 Å². The van der Waals surface area contributed by atoms with Gasteiger partial charge in [-0.05, 0) is 87.5 Å². The van der Waals surface area contributed by atoms with E-state index in [1.807, 2.05) is 6.92 Å². The lowest BCUT2D eigenvalue weighted by Crippen LogP contribution is -2.60. The maximum Gasteiger partial charge on any atom is 0.146 e. The molecular formula is C31H48O6. The number of ether oxygens (including phenoxy) is 5. The molecule has 5 rings (SSSR count). The van der Waals surface area contributed by atoms with Crippen molar-refractivity contribution < 1.29 is 28.8 Å². The Labute approximate surface area is 223 Å². The molecule has 3 saturated carbocycles. The van der Waals surface area contributed by atoms with Crippen LogP contribution in [0.5, 0.6) is 0 Å². The van der Waals surface area contributed by atoms with Gasteiger partial charge in [-0.3, -0.25) is 0 Å². The van der Waals surface area contributed by atoms with E-state index in [1.165, 1.54) is 24.8 Å². The zero-order valence-corrected chi connectivity index (χ0v) is 23.6. The number of aliphatic hydroxyl groups is 1. The van der Waals surface area contributed by atoms with E-state index < -0.39 is 6.10 Å². The molecule has 1 heterocycles. The van der Waals surface area contributed by atoms with E-state index in [2.05, 4.69) is 26.5 Å². The molecule has 0 unspecified atom stereocenters. The minimum atomic E-state index is -0.626. The quantitative estimate of drug-likeness (QED) is 0.310. The van der Waals surface area contributed by atoms with E-state index in [0.29, 0.717) is 56.4 Å². The third kappa shape index (κ3) is 4.55. The molecule has 0 aromatic rings. The average Bonchev–Trinajstić information content (AvgIpc) is 3.27. The summed E-state index contributed by atoms with van der Waals surface area (Å²) in [5.41, 5.74) is 3.84. The van der Waals surface area contributed by atoms with Crippen molar-refractivity contribution in [1.82, 2.24) is 0 Å². The lowest BCUT2D eigenvalue weighted by atomic mass is 9.44. The number of methoxy groups -OCH3 is 2. The van der Waals surface area contributed by atoms with Crippen LogP contribution >= 0.6 is 0 Å². The standard InChI is InChI=1S/C31H48O6/c1-19(2)13-27(32)29-20(3)24-9-10-25-23-8-7-21-14-22(36-17-33-5)11-12-30(21,4)26(23)15-28(37-18-34-6)31(24,25)16-35-29/h10,21-24,26-28,32H,1,7-9,11-18H2,2-6H3/t21-,22-,23-,24+,26-,27+,28+,30-,31+/m0/s1. The monoisotopic (exact) mass is 516 g/mol. The first-order valence-electron chi connectivity index (χ1n) is 14.3. The zero-order chi connectivity index (χ0) is 26.4. The summed E-state index contributed by atoms with van der Waals surface area (Å²) in [6, 6.07) is 0. The van der Waals surface area contributed by atoms with Gasteiger partial charge in [0.1, 0.15) is 32.1 Å². The second-order valence-corrected chi connectivity index (χ2v) is 12.8. The molecule has 3 fully saturated rings. The van der Waals surface area contributed by atoms with E-state index in [9.17, 15) is 5.11 Å². The van der Waals surface area contributed by atoms with Crippen LogP contribution in [0.2, 0.25) is 0 Å². The Bertz CT molecular complexity index is 925. The molecule has 1 spiro atoms. The van der Waals surface area contributed by atoms with Crippen LogP contribution in [0.3, 0.4) is 0 Å². The van der Waals surface area contributed by atoms with Gasteiger partial charge in [0.15, 0.2) is 0 Å². The van der Waals surface area contributed by atoms with Crippen LogP contribution < -0.4 is 0 Å². The molecule has 0 aromatic heterocycles. The number of aliphatic hydroxyl groups excluding tert-OH is 1. The van der Waals surface area contributed by atoms with E-state index in [-0.39, 0.29) is 16.9 Å². The number of hydrogen-bond donors (Lipinski definition) is 1. The minimum Gasteiger partial charge on any atom is -0.494 e. The Balaban J connectivity index is 1.44. The topological polar surface area (TPSA) is 66.4 Å². The molecule has 0 aromatic carbocycles. The van der Waals surface area contributed by atoms with Gasteiger partial charge in [-0.25, -0.2) is 0 Å². The Hall–Kier alpha value is -1.18. The fourth-order valence-electron chi connectivity index (χ4n) is 9.14. The molecule has 0 radical (unpaired) electrons. The number of allylic oxidation sites excluding steroid dienone is 2. The third-order valence-corrected chi connectivity index (χ3v) is 10.8. The molecule has 1 N–H and O–H groups in total. The summed E-state index contributed by atoms with van der Waals surface area (Å²) >= 11 is 0. The fraction of sp³-hybridized carbons (Fsp3) is 0.806. The summed E-state index contributed by atoms with van der Waals surface area (Å²) in [5, 5.41) is 10.9. The van der Waals surface area contributed by atoms with Crippen LogP contribution in [0.4, 0.5) is 0 Å². The van der Waals surface area contributed by atoms with Crippen LogP contribution in [0.15, 0.2) is 35.1 Å². The summed E-state index contributed by atoms with van der Waals surface area (Å²) in [5.74, 6) is 2.89. The second-order valence-electron chi connectivity index (χ2n) is 12.8. The van der Waals surface area contributed by atoms with Crippen molar-refractivity contribution in [1.29, 1.82) is 0 Å². The van der Waals surface area contributed by atoms with Crippen LogP contribution in [0.1, 0.15) is 72.1 Å². The molecule has 6 nitrogen and oxygen atoms in total. The number of rotatable bonds is 9. The summed E-state index contributed by atoms with van der Waals surface area (Å²) in [6.45, 7) is 11.9. The second kappa shape index (κ2) is 10.8. The van der Waals surface area contributed by atoms with Crippen LogP contribution in [-0.4, -0.2) is 57.8 Å². The summed E-state index contributed by atoms with van der Waals surface area (Å²) in [4.78, 5) is 0. The van der Waals surface area contributed by atoms with Gasteiger partial charge in [0.2, 0.25) is 0 Å². The van der Waals surface area contributed by atoms with Crippen molar-refractivity contribution >= 4 is 0 Å². The molecule has 0 bridgehead atoms. The highest BCUT2D eigenvalue weighted by atomic mass is 16.7. The lowest BCUT2D eigenvalue weighted by Gasteiger charge is -2.62. The van der Waals surface area contributed by atoms with Crippen molar-refractivity contribution in [2.45, 2.75) is 90.4 Å². The average molecular weight is 517 g/mol. The zero-order valence-electron chi connectivity index (χ0n) is 23.6. The van der Waals surface area contributed by atoms with Gasteiger partial charge >= 0.3 is 0 Å². The van der Waals surface area contributed by atoms with Crippen molar-refractivity contribution in [3.63, 3.8) is 0 Å². The van der Waals surface area contributed by atoms with Gasteiger partial charge in [0, 0.05) is 26.6 Å². The van der Waals surface area contributed by atoms with Crippen molar-refractivity contribution in [2.24, 2.45) is 34.5 Å². The third-order valence-electron chi connectivity index (χ3n) is 10.8. The first kappa shape index (κ1) is 27.4. The largest absolute Gasteiger partial charge is 0.494 e. The van der Waals surface area contributed by atoms with Gasteiger partial charge in [-0.2, -0.15) is 0 Å². The molecular weight excluding hydrogens is 468 g/mol. The molecule has 208 valence electrons. The van der Waals surface area contributed by atoms with Crippen molar-refractivity contribution in [3.05, 3.63) is 35.1 Å². The normalized spacial score (nSPS) is 41.6. The van der Waals surface area contributed by atoms with E-state index >= 15 is 0 Å². The molecule has 9 atom stereocenters. The number of fused-ring (bicyclic) bond motifs is 4. The molecule has 0 saturated heterocycles. The maximum absolute atomic E-state index is 10.9. The highest BCUT2D eigenvalue weighted by Gasteiger charge is 2.64. The summed E-state index contributed by atoms with van der Waals surface area (Å²) in [6.07, 6.45) is 10.7. The van der Waals surface area contributed by atoms with E-state index in [0.717, 1.165) is 37.0 Å². The van der Waals surface area contributed by atoms with Gasteiger partial charge in [-0.1, -0.05) is 24.1 Å². The van der Waals surface area contributed by atoms with Crippen LogP contribution in [0, 0.1) is 34.5 Å². The Morgan fingerprint density at radius 3 is 2.65 bits per heavy atom. The van der Waals surface area contributed by atoms with Crippen molar-refractivity contribution in [3.8, 4) is 0 Å². The molecule has 6 heteroatoms. The Kier molecular flexibility index (Phi) is 7.97. The molecule has 0 amide bonds. The lowest BCUT2D eigenvalue weighted by molar-refractivity contribution is -0.188. The minimum absolute atomic E-state index is 0.0419. The first-order valence-corrected chi connectivity index (χ1v) is 14.3.